The molecule has 3 nitrogen and oxygen atoms in total. The van der Waals surface area contributed by atoms with Crippen LogP contribution >= 0.6 is 0 Å². The standard InChI is InChI=1S/C13H17N3/c1-3-9-5-6-12-10(7-9)8-13(16-14)11(4-2)15-12/h5-8,16H,3-4,14H2,1-2H3. The first-order valence-corrected chi connectivity index (χ1v) is 5.67. The molecule has 0 aliphatic heterocycles. The van der Waals surface area contributed by atoms with Gasteiger partial charge in [-0.15, -0.1) is 0 Å². The lowest BCUT2D eigenvalue weighted by Crippen LogP contribution is -2.10. The van der Waals surface area contributed by atoms with Crippen molar-refractivity contribution in [2.24, 2.45) is 5.84 Å². The third-order valence-corrected chi connectivity index (χ3v) is 2.86. The molecule has 0 saturated heterocycles. The smallest absolute Gasteiger partial charge is 0.0707 e. The molecule has 3 N–H and O–H groups in total. The third kappa shape index (κ3) is 1.86. The minimum Gasteiger partial charge on any atom is -0.322 e. The molecule has 0 amide bonds. The molecule has 0 radical (unpaired) electrons. The highest BCUT2D eigenvalue weighted by molar-refractivity contribution is 5.83. The molecular formula is C13H17N3. The van der Waals surface area contributed by atoms with E-state index in [1.807, 2.05) is 0 Å². The second-order valence-electron chi connectivity index (χ2n) is 3.86. The van der Waals surface area contributed by atoms with Crippen LogP contribution < -0.4 is 11.3 Å². The van der Waals surface area contributed by atoms with Crippen molar-refractivity contribution in [2.75, 3.05) is 5.43 Å². The van der Waals surface area contributed by atoms with Gasteiger partial charge in [-0.3, -0.25) is 10.8 Å². The van der Waals surface area contributed by atoms with Crippen LogP contribution in [0.3, 0.4) is 0 Å². The van der Waals surface area contributed by atoms with Crippen LogP contribution in [-0.4, -0.2) is 4.98 Å². The lowest BCUT2D eigenvalue weighted by atomic mass is 10.1. The number of fused-ring (bicyclic) bond motifs is 1. The van der Waals surface area contributed by atoms with E-state index in [4.69, 9.17) is 5.84 Å². The van der Waals surface area contributed by atoms with Crippen molar-refractivity contribution in [1.82, 2.24) is 4.98 Å². The predicted octanol–water partition coefficient (Wildman–Crippen LogP) is 2.65. The number of pyridine rings is 1. The van der Waals surface area contributed by atoms with E-state index in [1.165, 1.54) is 5.56 Å². The van der Waals surface area contributed by atoms with Crippen LogP contribution in [0, 0.1) is 0 Å². The number of aryl methyl sites for hydroxylation is 2. The van der Waals surface area contributed by atoms with Crippen molar-refractivity contribution in [2.45, 2.75) is 26.7 Å². The van der Waals surface area contributed by atoms with E-state index in [9.17, 15) is 0 Å². The Balaban J connectivity index is 2.63. The van der Waals surface area contributed by atoms with E-state index >= 15 is 0 Å². The van der Waals surface area contributed by atoms with Crippen LogP contribution in [0.15, 0.2) is 24.3 Å². The molecule has 0 bridgehead atoms. The molecule has 1 aromatic carbocycles. The Bertz CT molecular complexity index is 506. The van der Waals surface area contributed by atoms with Crippen LogP contribution in [0.4, 0.5) is 5.69 Å². The van der Waals surface area contributed by atoms with Crippen molar-refractivity contribution in [3.63, 3.8) is 0 Å². The van der Waals surface area contributed by atoms with E-state index in [0.717, 1.165) is 35.1 Å². The maximum Gasteiger partial charge on any atom is 0.0707 e. The Morgan fingerprint density at radius 2 is 2.00 bits per heavy atom. The van der Waals surface area contributed by atoms with Gasteiger partial charge in [0.15, 0.2) is 0 Å². The maximum absolute atomic E-state index is 5.50. The Morgan fingerprint density at radius 3 is 2.62 bits per heavy atom. The van der Waals surface area contributed by atoms with Crippen molar-refractivity contribution < 1.29 is 0 Å². The Labute approximate surface area is 95.7 Å². The highest BCUT2D eigenvalue weighted by atomic mass is 15.2. The summed E-state index contributed by atoms with van der Waals surface area (Å²) in [6, 6.07) is 8.45. The van der Waals surface area contributed by atoms with Crippen molar-refractivity contribution in [3.8, 4) is 0 Å². The SMILES string of the molecule is CCc1ccc2nc(CC)c(NN)cc2c1. The molecular weight excluding hydrogens is 198 g/mol. The molecule has 1 aromatic heterocycles. The summed E-state index contributed by atoms with van der Waals surface area (Å²) in [7, 11) is 0. The van der Waals surface area contributed by atoms with Gasteiger partial charge in [0.2, 0.25) is 0 Å². The molecule has 2 rings (SSSR count). The first-order valence-electron chi connectivity index (χ1n) is 5.67. The molecule has 0 fully saturated rings. The zero-order valence-electron chi connectivity index (χ0n) is 9.75. The fourth-order valence-electron chi connectivity index (χ4n) is 1.88. The number of hydrogen-bond acceptors (Lipinski definition) is 3. The molecule has 16 heavy (non-hydrogen) atoms. The summed E-state index contributed by atoms with van der Waals surface area (Å²) >= 11 is 0. The highest BCUT2D eigenvalue weighted by Crippen LogP contribution is 2.22. The molecule has 0 aliphatic carbocycles. The largest absolute Gasteiger partial charge is 0.322 e. The lowest BCUT2D eigenvalue weighted by molar-refractivity contribution is 1.05. The molecule has 0 aliphatic rings. The van der Waals surface area contributed by atoms with Gasteiger partial charge >= 0.3 is 0 Å². The summed E-state index contributed by atoms with van der Waals surface area (Å²) in [4.78, 5) is 4.60. The molecule has 2 aromatic rings. The van der Waals surface area contributed by atoms with E-state index in [2.05, 4.69) is 48.5 Å². The number of rotatable bonds is 3. The zero-order valence-corrected chi connectivity index (χ0v) is 9.75. The van der Waals surface area contributed by atoms with Gasteiger partial charge in [-0.25, -0.2) is 0 Å². The van der Waals surface area contributed by atoms with Crippen LogP contribution in [0.25, 0.3) is 10.9 Å². The van der Waals surface area contributed by atoms with Crippen molar-refractivity contribution >= 4 is 16.6 Å². The average Bonchev–Trinajstić information content (AvgIpc) is 2.36. The first kappa shape index (κ1) is 10.9. The van der Waals surface area contributed by atoms with Gasteiger partial charge in [-0.1, -0.05) is 19.9 Å². The number of hydrogen-bond donors (Lipinski definition) is 2. The predicted molar refractivity (Wildman–Crippen MR) is 68.3 cm³/mol. The number of benzene rings is 1. The molecule has 84 valence electrons. The van der Waals surface area contributed by atoms with E-state index in [1.54, 1.807) is 0 Å². The Morgan fingerprint density at radius 1 is 1.19 bits per heavy atom. The monoisotopic (exact) mass is 215 g/mol. The number of hydrazine groups is 1. The fraction of sp³-hybridized carbons (Fsp3) is 0.308. The Hall–Kier alpha value is -1.61. The third-order valence-electron chi connectivity index (χ3n) is 2.86. The topological polar surface area (TPSA) is 50.9 Å². The highest BCUT2D eigenvalue weighted by Gasteiger charge is 2.04. The molecule has 0 unspecified atom stereocenters. The normalized spacial score (nSPS) is 10.7. The first-order chi connectivity index (χ1) is 7.78. The molecule has 1 heterocycles. The van der Waals surface area contributed by atoms with E-state index < -0.39 is 0 Å². The number of nitrogens with one attached hydrogen (secondary N) is 1. The zero-order chi connectivity index (χ0) is 11.5. The van der Waals surface area contributed by atoms with E-state index in [-0.39, 0.29) is 0 Å². The van der Waals surface area contributed by atoms with Gasteiger partial charge in [-0.2, -0.15) is 0 Å². The molecule has 3 heteroatoms. The summed E-state index contributed by atoms with van der Waals surface area (Å²) in [6.45, 7) is 4.23. The molecule has 0 saturated carbocycles. The van der Waals surface area contributed by atoms with Crippen LogP contribution in [0.2, 0.25) is 0 Å². The fourth-order valence-corrected chi connectivity index (χ4v) is 1.88. The second-order valence-corrected chi connectivity index (χ2v) is 3.86. The van der Waals surface area contributed by atoms with Crippen molar-refractivity contribution in [1.29, 1.82) is 0 Å². The van der Waals surface area contributed by atoms with Gasteiger partial charge in [0.1, 0.15) is 0 Å². The number of nitrogen functional groups attached to an aromatic ring is 1. The van der Waals surface area contributed by atoms with Crippen LogP contribution in [-0.2, 0) is 12.8 Å². The number of aromatic nitrogens is 1. The summed E-state index contributed by atoms with van der Waals surface area (Å²) < 4.78 is 0. The second kappa shape index (κ2) is 4.49. The average molecular weight is 215 g/mol. The quantitative estimate of drug-likeness (QED) is 0.611. The molecule has 0 atom stereocenters. The molecule has 0 spiro atoms. The lowest BCUT2D eigenvalue weighted by Gasteiger charge is -2.09. The number of nitrogens with zero attached hydrogens (tertiary/aromatic N) is 1. The van der Waals surface area contributed by atoms with Gasteiger partial charge in [0.05, 0.1) is 16.9 Å². The Kier molecular flexibility index (Phi) is 3.06. The van der Waals surface area contributed by atoms with E-state index in [0.29, 0.717) is 0 Å². The van der Waals surface area contributed by atoms with Crippen molar-refractivity contribution in [3.05, 3.63) is 35.5 Å². The van der Waals surface area contributed by atoms with Gasteiger partial charge in [0, 0.05) is 5.39 Å². The minimum atomic E-state index is 0.880. The summed E-state index contributed by atoms with van der Waals surface area (Å²) in [5, 5.41) is 1.14. The minimum absolute atomic E-state index is 0.880. The summed E-state index contributed by atoms with van der Waals surface area (Å²) in [6.07, 6.45) is 1.92. The maximum atomic E-state index is 5.50. The number of anilines is 1. The summed E-state index contributed by atoms with van der Waals surface area (Å²) in [5.41, 5.74) is 7.00. The van der Waals surface area contributed by atoms with Gasteiger partial charge in [-0.05, 0) is 36.6 Å². The number of nitrogens with two attached hydrogens (primary N) is 1. The van der Waals surface area contributed by atoms with Crippen LogP contribution in [0.5, 0.6) is 0 Å². The van der Waals surface area contributed by atoms with Gasteiger partial charge in [0.25, 0.3) is 0 Å². The van der Waals surface area contributed by atoms with Gasteiger partial charge < -0.3 is 5.43 Å². The van der Waals surface area contributed by atoms with Crippen LogP contribution in [0.1, 0.15) is 25.1 Å². The summed E-state index contributed by atoms with van der Waals surface area (Å²) in [5.74, 6) is 5.50.